The van der Waals surface area contributed by atoms with Crippen molar-refractivity contribution in [2.45, 2.75) is 32.7 Å². The minimum atomic E-state index is -0.933. The van der Waals surface area contributed by atoms with Crippen LogP contribution in [0.5, 0.6) is 5.75 Å². The van der Waals surface area contributed by atoms with Crippen LogP contribution in [0.2, 0.25) is 0 Å². The summed E-state index contributed by atoms with van der Waals surface area (Å²) in [6.07, 6.45) is 1.76. The molecule has 0 radical (unpaired) electrons. The average molecular weight is 348 g/mol. The smallest absolute Gasteiger partial charge is 0.308 e. The number of nitrogens with zero attached hydrogens (tertiary/aromatic N) is 1. The van der Waals surface area contributed by atoms with Gasteiger partial charge in [-0.25, -0.2) is 0 Å². The van der Waals surface area contributed by atoms with E-state index in [9.17, 15) is 14.4 Å². The summed E-state index contributed by atoms with van der Waals surface area (Å²) < 4.78 is 5.32. The molecule has 0 aliphatic heterocycles. The summed E-state index contributed by atoms with van der Waals surface area (Å²) in [7, 11) is 0. The molecule has 0 spiro atoms. The first kappa shape index (κ1) is 18.8. The molecule has 1 unspecified atom stereocenters. The van der Waals surface area contributed by atoms with E-state index in [1.165, 1.54) is 0 Å². The molecule has 136 valence electrons. The van der Waals surface area contributed by atoms with Gasteiger partial charge in [0.2, 0.25) is 5.91 Å². The molecule has 25 heavy (non-hydrogen) atoms. The first-order valence-corrected chi connectivity index (χ1v) is 8.45. The van der Waals surface area contributed by atoms with Crippen LogP contribution in [0.4, 0.5) is 0 Å². The molecule has 2 amide bonds. The van der Waals surface area contributed by atoms with Crippen molar-refractivity contribution < 1.29 is 24.2 Å². The lowest BCUT2D eigenvalue weighted by atomic mass is 10.1. The molecule has 1 aliphatic rings. The molecule has 0 bridgehead atoms. The number of benzene rings is 1. The van der Waals surface area contributed by atoms with Gasteiger partial charge in [0.25, 0.3) is 5.91 Å². The molecule has 1 aliphatic carbocycles. The topological polar surface area (TPSA) is 95.9 Å². The fourth-order valence-corrected chi connectivity index (χ4v) is 2.44. The van der Waals surface area contributed by atoms with Gasteiger partial charge < -0.3 is 20.1 Å². The van der Waals surface area contributed by atoms with Gasteiger partial charge in [-0.1, -0.05) is 6.92 Å². The predicted molar refractivity (Wildman–Crippen MR) is 91.5 cm³/mol. The normalized spacial score (nSPS) is 14.5. The third kappa shape index (κ3) is 5.48. The molecule has 1 aromatic carbocycles. The number of carboxylic acid groups (broad SMARTS) is 1. The van der Waals surface area contributed by atoms with Crippen molar-refractivity contribution in [3.05, 3.63) is 29.8 Å². The van der Waals surface area contributed by atoms with Crippen molar-refractivity contribution >= 4 is 17.8 Å². The monoisotopic (exact) mass is 348 g/mol. The first-order chi connectivity index (χ1) is 11.9. The molecule has 1 saturated carbocycles. The van der Waals surface area contributed by atoms with E-state index in [1.807, 2.05) is 6.92 Å². The Bertz CT molecular complexity index is 625. The Balaban J connectivity index is 1.88. The molecule has 1 atom stereocenters. The Morgan fingerprint density at radius 2 is 1.92 bits per heavy atom. The number of carbonyl (C=O) groups is 3. The van der Waals surface area contributed by atoms with Crippen molar-refractivity contribution in [1.82, 2.24) is 10.2 Å². The molecule has 1 aromatic rings. The zero-order valence-corrected chi connectivity index (χ0v) is 14.5. The highest BCUT2D eigenvalue weighted by atomic mass is 16.5. The van der Waals surface area contributed by atoms with E-state index in [2.05, 4.69) is 5.32 Å². The number of hydrogen-bond donors (Lipinski definition) is 2. The van der Waals surface area contributed by atoms with Crippen LogP contribution in [-0.4, -0.2) is 53.5 Å². The lowest BCUT2D eigenvalue weighted by Crippen LogP contribution is -2.44. The summed E-state index contributed by atoms with van der Waals surface area (Å²) in [6.45, 7) is 4.02. The second-order valence-corrected chi connectivity index (χ2v) is 6.16. The van der Waals surface area contributed by atoms with Gasteiger partial charge in [0, 0.05) is 18.2 Å². The first-order valence-electron chi connectivity index (χ1n) is 8.45. The number of ether oxygens (including phenoxy) is 1. The highest BCUT2D eigenvalue weighted by Crippen LogP contribution is 2.27. The lowest BCUT2D eigenvalue weighted by Gasteiger charge is -2.24. The molecule has 7 nitrogen and oxygen atoms in total. The van der Waals surface area contributed by atoms with Crippen molar-refractivity contribution in [3.8, 4) is 5.75 Å². The quantitative estimate of drug-likeness (QED) is 0.705. The zero-order valence-electron chi connectivity index (χ0n) is 14.5. The highest BCUT2D eigenvalue weighted by Gasteiger charge is 2.34. The number of rotatable bonds is 9. The summed E-state index contributed by atoms with van der Waals surface area (Å²) in [5, 5.41) is 11.6. The zero-order chi connectivity index (χ0) is 18.4. The van der Waals surface area contributed by atoms with Gasteiger partial charge in [0.05, 0.1) is 19.1 Å². The van der Waals surface area contributed by atoms with Gasteiger partial charge in [0.1, 0.15) is 5.75 Å². The summed E-state index contributed by atoms with van der Waals surface area (Å²) in [6, 6.07) is 6.76. The van der Waals surface area contributed by atoms with Crippen LogP contribution >= 0.6 is 0 Å². The van der Waals surface area contributed by atoms with Gasteiger partial charge >= 0.3 is 5.97 Å². The summed E-state index contributed by atoms with van der Waals surface area (Å²) in [5.41, 5.74) is 0.438. The van der Waals surface area contributed by atoms with Crippen LogP contribution < -0.4 is 10.1 Å². The van der Waals surface area contributed by atoms with Crippen molar-refractivity contribution in [3.63, 3.8) is 0 Å². The number of hydrogen-bond acceptors (Lipinski definition) is 4. The van der Waals surface area contributed by atoms with Crippen LogP contribution in [-0.2, 0) is 9.59 Å². The van der Waals surface area contributed by atoms with E-state index >= 15 is 0 Å². The molecular weight excluding hydrogens is 324 g/mol. The fourth-order valence-electron chi connectivity index (χ4n) is 2.44. The van der Waals surface area contributed by atoms with Crippen molar-refractivity contribution in [2.75, 3.05) is 19.7 Å². The third-order valence-electron chi connectivity index (χ3n) is 4.03. The molecule has 2 rings (SSSR count). The number of carbonyl (C=O) groups excluding carboxylic acids is 2. The second kappa shape index (κ2) is 8.50. The van der Waals surface area contributed by atoms with Crippen LogP contribution in [0.25, 0.3) is 0 Å². The fraction of sp³-hybridized carbons (Fsp3) is 0.500. The predicted octanol–water partition coefficient (Wildman–Crippen LogP) is 1.53. The van der Waals surface area contributed by atoms with Crippen molar-refractivity contribution in [1.29, 1.82) is 0 Å². The highest BCUT2D eigenvalue weighted by molar-refractivity contribution is 5.96. The number of amides is 2. The van der Waals surface area contributed by atoms with Gasteiger partial charge in [-0.3, -0.25) is 14.4 Å². The number of aliphatic carboxylic acids is 1. The number of nitrogens with one attached hydrogen (secondary N) is 1. The number of carboxylic acids is 1. The van der Waals surface area contributed by atoms with E-state index in [0.29, 0.717) is 17.9 Å². The Kier molecular flexibility index (Phi) is 6.38. The van der Waals surface area contributed by atoms with Crippen molar-refractivity contribution in [2.24, 2.45) is 5.92 Å². The molecular formula is C18H24N2O5. The van der Waals surface area contributed by atoms with Gasteiger partial charge in [0.15, 0.2) is 0 Å². The minimum Gasteiger partial charge on any atom is -0.494 e. The maximum atomic E-state index is 12.4. The van der Waals surface area contributed by atoms with Gasteiger partial charge in [-0.15, -0.1) is 0 Å². The summed E-state index contributed by atoms with van der Waals surface area (Å²) in [5.74, 6) is -1.49. The maximum absolute atomic E-state index is 12.4. The second-order valence-electron chi connectivity index (χ2n) is 6.16. The Hall–Kier alpha value is -2.57. The Labute approximate surface area is 147 Å². The van der Waals surface area contributed by atoms with Crippen LogP contribution in [0.1, 0.15) is 37.0 Å². The van der Waals surface area contributed by atoms with Crippen LogP contribution in [0.15, 0.2) is 24.3 Å². The van der Waals surface area contributed by atoms with Crippen LogP contribution in [0.3, 0.4) is 0 Å². The molecule has 1 fully saturated rings. The lowest BCUT2D eigenvalue weighted by molar-refractivity contribution is -0.143. The van der Waals surface area contributed by atoms with E-state index in [1.54, 1.807) is 36.1 Å². The molecule has 0 aromatic heterocycles. The molecule has 0 saturated heterocycles. The summed E-state index contributed by atoms with van der Waals surface area (Å²) >= 11 is 0. The van der Waals surface area contributed by atoms with Gasteiger partial charge in [-0.2, -0.15) is 0 Å². The molecule has 0 heterocycles. The van der Waals surface area contributed by atoms with E-state index in [-0.39, 0.29) is 30.9 Å². The molecule has 2 N–H and O–H groups in total. The standard InChI is InChI=1S/C18H24N2O5/c1-3-25-15-8-4-13(5-9-15)17(22)19-10-16(21)20(14-6-7-14)11-12(2)18(23)24/h4-5,8-9,12,14H,3,6-7,10-11H2,1-2H3,(H,19,22)(H,23,24). The van der Waals surface area contributed by atoms with Crippen LogP contribution in [0, 0.1) is 5.92 Å². The Morgan fingerprint density at radius 1 is 1.28 bits per heavy atom. The minimum absolute atomic E-state index is 0.0941. The van der Waals surface area contributed by atoms with E-state index in [4.69, 9.17) is 9.84 Å². The largest absolute Gasteiger partial charge is 0.494 e. The average Bonchev–Trinajstić information content (AvgIpc) is 3.42. The summed E-state index contributed by atoms with van der Waals surface area (Å²) in [4.78, 5) is 37.1. The third-order valence-corrected chi connectivity index (χ3v) is 4.03. The maximum Gasteiger partial charge on any atom is 0.308 e. The van der Waals surface area contributed by atoms with Gasteiger partial charge in [-0.05, 0) is 44.0 Å². The molecule has 7 heteroatoms. The SMILES string of the molecule is CCOc1ccc(C(=O)NCC(=O)N(CC(C)C(=O)O)C2CC2)cc1. The van der Waals surface area contributed by atoms with E-state index in [0.717, 1.165) is 12.8 Å². The van der Waals surface area contributed by atoms with E-state index < -0.39 is 11.9 Å². The Morgan fingerprint density at radius 3 is 2.44 bits per heavy atom.